The molecule has 10 heteroatoms. The van der Waals surface area contributed by atoms with Crippen LogP contribution in [0, 0.1) is 5.92 Å². The lowest BCUT2D eigenvalue weighted by Gasteiger charge is -2.33. The van der Waals surface area contributed by atoms with Crippen LogP contribution < -0.4 is 16.0 Å². The molecule has 1 aliphatic rings. The average molecular weight is 517 g/mol. The third-order valence-corrected chi connectivity index (χ3v) is 6.61. The second kappa shape index (κ2) is 14.7. The summed E-state index contributed by atoms with van der Waals surface area (Å²) in [5.74, 6) is -0.0825. The van der Waals surface area contributed by atoms with Gasteiger partial charge in [-0.05, 0) is 45.7 Å². The van der Waals surface area contributed by atoms with Gasteiger partial charge < -0.3 is 20.9 Å². The Hall–Kier alpha value is -2.98. The molecule has 0 saturated carbocycles. The van der Waals surface area contributed by atoms with Crippen LogP contribution in [0.2, 0.25) is 0 Å². The Morgan fingerprint density at radius 2 is 1.76 bits per heavy atom. The van der Waals surface area contributed by atoms with Gasteiger partial charge in [0.05, 0.1) is 12.1 Å². The predicted octanol–water partition coefficient (Wildman–Crippen LogP) is 1.30. The summed E-state index contributed by atoms with van der Waals surface area (Å²) in [6.45, 7) is 11.2. The number of amides is 4. The fourth-order valence-electron chi connectivity index (χ4n) is 4.48. The Kier molecular flexibility index (Phi) is 12.0. The number of carbonyl (C=O) groups is 4. The molecule has 3 N–H and O–H groups in total. The number of carbonyl (C=O) groups excluding carboxylic acids is 4. The molecular weight excluding hydrogens is 472 g/mol. The first-order chi connectivity index (χ1) is 17.6. The zero-order chi connectivity index (χ0) is 27.5. The molecule has 1 saturated heterocycles. The summed E-state index contributed by atoms with van der Waals surface area (Å²) >= 11 is 0. The Morgan fingerprint density at radius 3 is 2.35 bits per heavy atom. The van der Waals surface area contributed by atoms with Gasteiger partial charge in [0.1, 0.15) is 6.04 Å². The van der Waals surface area contributed by atoms with Crippen LogP contribution in [-0.2, 0) is 19.2 Å². The number of benzene rings is 1. The molecule has 1 aromatic rings. The Labute approximate surface area is 221 Å². The standard InChI is InChI=1S/C27H44N6O4/c1-19(2)16-25(35)29-20(3)17-31(27(37)22(5)28-6)14-15-32-13-12-24(33(32)18-34)26(36)30-21(4)23-10-8-7-9-11-23/h7-11,18-22,24,28H,12-17H2,1-6H3,(H,29,35)(H,30,36). The minimum atomic E-state index is -0.599. The van der Waals surface area contributed by atoms with Crippen LogP contribution >= 0.6 is 0 Å². The quantitative estimate of drug-likeness (QED) is 0.321. The molecule has 0 aromatic heterocycles. The van der Waals surface area contributed by atoms with E-state index in [0.29, 0.717) is 45.4 Å². The molecule has 0 radical (unpaired) electrons. The molecule has 1 fully saturated rings. The van der Waals surface area contributed by atoms with Gasteiger partial charge in [-0.2, -0.15) is 0 Å². The van der Waals surface area contributed by atoms with E-state index >= 15 is 0 Å². The van der Waals surface area contributed by atoms with Crippen LogP contribution in [0.3, 0.4) is 0 Å². The molecule has 0 bridgehead atoms. The van der Waals surface area contributed by atoms with Crippen molar-refractivity contribution in [3.8, 4) is 0 Å². The molecule has 4 amide bonds. The minimum absolute atomic E-state index is 0.0400. The van der Waals surface area contributed by atoms with E-state index < -0.39 is 12.1 Å². The molecule has 4 unspecified atom stereocenters. The van der Waals surface area contributed by atoms with Gasteiger partial charge in [-0.1, -0.05) is 44.2 Å². The van der Waals surface area contributed by atoms with Crippen molar-refractivity contribution < 1.29 is 19.2 Å². The van der Waals surface area contributed by atoms with Gasteiger partial charge in [0.25, 0.3) is 0 Å². The first-order valence-electron chi connectivity index (χ1n) is 13.2. The fraction of sp³-hybridized carbons (Fsp3) is 0.630. The van der Waals surface area contributed by atoms with Gasteiger partial charge in [0, 0.05) is 38.6 Å². The molecule has 4 atom stereocenters. The number of nitrogens with zero attached hydrogens (tertiary/aromatic N) is 3. The highest BCUT2D eigenvalue weighted by Crippen LogP contribution is 2.19. The molecule has 206 valence electrons. The molecule has 10 nitrogen and oxygen atoms in total. The third-order valence-electron chi connectivity index (χ3n) is 6.61. The maximum atomic E-state index is 13.0. The van der Waals surface area contributed by atoms with Crippen molar-refractivity contribution in [3.63, 3.8) is 0 Å². The number of nitrogens with one attached hydrogen (secondary N) is 3. The maximum Gasteiger partial charge on any atom is 0.244 e. The summed E-state index contributed by atoms with van der Waals surface area (Å²) in [6.07, 6.45) is 1.62. The predicted molar refractivity (Wildman–Crippen MR) is 143 cm³/mol. The van der Waals surface area contributed by atoms with E-state index in [0.717, 1.165) is 5.56 Å². The van der Waals surface area contributed by atoms with Gasteiger partial charge in [-0.25, -0.2) is 5.01 Å². The van der Waals surface area contributed by atoms with Crippen molar-refractivity contribution in [2.24, 2.45) is 5.92 Å². The molecule has 2 rings (SSSR count). The van der Waals surface area contributed by atoms with Gasteiger partial charge >= 0.3 is 0 Å². The topological polar surface area (TPSA) is 114 Å². The second-order valence-electron chi connectivity index (χ2n) is 10.2. The molecular formula is C27H44N6O4. The van der Waals surface area contributed by atoms with Gasteiger partial charge in [0.15, 0.2) is 0 Å². The molecule has 1 heterocycles. The lowest BCUT2D eigenvalue weighted by atomic mass is 10.1. The second-order valence-corrected chi connectivity index (χ2v) is 10.2. The van der Waals surface area contributed by atoms with Crippen molar-refractivity contribution in [1.29, 1.82) is 0 Å². The van der Waals surface area contributed by atoms with Crippen molar-refractivity contribution in [2.75, 3.05) is 33.2 Å². The maximum absolute atomic E-state index is 13.0. The number of likely N-dealkylation sites (N-methyl/N-ethyl adjacent to an activating group) is 1. The Balaban J connectivity index is 2.00. The smallest absolute Gasteiger partial charge is 0.244 e. The number of rotatable bonds is 14. The summed E-state index contributed by atoms with van der Waals surface area (Å²) in [5.41, 5.74) is 0.991. The van der Waals surface area contributed by atoms with Gasteiger partial charge in [-0.3, -0.25) is 24.2 Å². The molecule has 1 aliphatic heterocycles. The summed E-state index contributed by atoms with van der Waals surface area (Å²) in [6, 6.07) is 8.28. The van der Waals surface area contributed by atoms with Crippen LogP contribution in [-0.4, -0.2) is 90.4 Å². The molecule has 0 spiro atoms. The van der Waals surface area contributed by atoms with Gasteiger partial charge in [0.2, 0.25) is 24.1 Å². The first-order valence-corrected chi connectivity index (χ1v) is 13.2. The molecule has 0 aliphatic carbocycles. The zero-order valence-corrected chi connectivity index (χ0v) is 23.1. The van der Waals surface area contributed by atoms with E-state index in [4.69, 9.17) is 0 Å². The normalized spacial score (nSPS) is 18.2. The van der Waals surface area contributed by atoms with E-state index in [1.54, 1.807) is 18.9 Å². The summed E-state index contributed by atoms with van der Waals surface area (Å²) in [7, 11) is 1.73. The molecule has 1 aromatic carbocycles. The number of hydrazine groups is 1. The average Bonchev–Trinajstić information content (AvgIpc) is 3.28. The zero-order valence-electron chi connectivity index (χ0n) is 23.1. The van der Waals surface area contributed by atoms with Crippen LogP contribution in [0.4, 0.5) is 0 Å². The van der Waals surface area contributed by atoms with E-state index in [2.05, 4.69) is 16.0 Å². The monoisotopic (exact) mass is 516 g/mol. The summed E-state index contributed by atoms with van der Waals surface area (Å²) in [5, 5.41) is 12.2. The van der Waals surface area contributed by atoms with Crippen LogP contribution in [0.25, 0.3) is 0 Å². The van der Waals surface area contributed by atoms with E-state index in [1.165, 1.54) is 5.01 Å². The highest BCUT2D eigenvalue weighted by Gasteiger charge is 2.36. The Bertz CT molecular complexity index is 896. The van der Waals surface area contributed by atoms with Gasteiger partial charge in [-0.15, -0.1) is 0 Å². The van der Waals surface area contributed by atoms with E-state index in [-0.39, 0.29) is 35.7 Å². The van der Waals surface area contributed by atoms with Crippen molar-refractivity contribution in [2.45, 2.75) is 71.6 Å². The third kappa shape index (κ3) is 9.12. The van der Waals surface area contributed by atoms with Crippen molar-refractivity contribution >= 4 is 24.1 Å². The van der Waals surface area contributed by atoms with Crippen LogP contribution in [0.15, 0.2) is 30.3 Å². The summed E-state index contributed by atoms with van der Waals surface area (Å²) in [4.78, 5) is 51.9. The van der Waals surface area contributed by atoms with Crippen LogP contribution in [0.1, 0.15) is 59.1 Å². The Morgan fingerprint density at radius 1 is 1.08 bits per heavy atom. The van der Waals surface area contributed by atoms with E-state index in [9.17, 15) is 19.2 Å². The SMILES string of the molecule is CNC(C)C(=O)N(CCN1CCC(C(=O)NC(C)c2ccccc2)N1C=O)CC(C)NC(=O)CC(C)C. The highest BCUT2D eigenvalue weighted by molar-refractivity contribution is 5.84. The van der Waals surface area contributed by atoms with E-state index in [1.807, 2.05) is 63.0 Å². The van der Waals surface area contributed by atoms with Crippen molar-refractivity contribution in [3.05, 3.63) is 35.9 Å². The lowest BCUT2D eigenvalue weighted by molar-refractivity contribution is -0.143. The first kappa shape index (κ1) is 30.2. The molecule has 37 heavy (non-hydrogen) atoms. The number of hydrogen-bond donors (Lipinski definition) is 3. The fourth-order valence-corrected chi connectivity index (χ4v) is 4.48. The lowest BCUT2D eigenvalue weighted by Crippen LogP contribution is -2.53. The highest BCUT2D eigenvalue weighted by atomic mass is 16.2. The summed E-state index contributed by atoms with van der Waals surface area (Å²) < 4.78 is 0. The minimum Gasteiger partial charge on any atom is -0.352 e. The largest absolute Gasteiger partial charge is 0.352 e. The van der Waals surface area contributed by atoms with Crippen LogP contribution in [0.5, 0.6) is 0 Å². The number of hydrogen-bond acceptors (Lipinski definition) is 6. The van der Waals surface area contributed by atoms with Crippen molar-refractivity contribution in [1.82, 2.24) is 30.9 Å².